The lowest BCUT2D eigenvalue weighted by Crippen LogP contribution is -2.29. The zero-order valence-electron chi connectivity index (χ0n) is 11.9. The van der Waals surface area contributed by atoms with Crippen molar-refractivity contribution < 1.29 is 9.18 Å². The van der Waals surface area contributed by atoms with Crippen LogP contribution in [0.1, 0.15) is 41.0 Å². The quantitative estimate of drug-likeness (QED) is 0.925. The number of aryl methyl sites for hydroxylation is 1. The highest BCUT2D eigenvalue weighted by Crippen LogP contribution is 2.24. The third-order valence-electron chi connectivity index (χ3n) is 3.27. The summed E-state index contributed by atoms with van der Waals surface area (Å²) in [6.07, 6.45) is 2.30. The van der Waals surface area contributed by atoms with Gasteiger partial charge >= 0.3 is 0 Å². The number of carbonyl (C=O) groups is 1. The van der Waals surface area contributed by atoms with E-state index in [0.717, 1.165) is 5.69 Å². The predicted octanol–water partition coefficient (Wildman–Crippen LogP) is 4.06. The molecule has 5 heteroatoms. The van der Waals surface area contributed by atoms with Gasteiger partial charge in [0.05, 0.1) is 22.3 Å². The van der Waals surface area contributed by atoms with E-state index in [4.69, 9.17) is 11.6 Å². The molecular formula is C16H16ClFN2O. The van der Waals surface area contributed by atoms with Crippen LogP contribution in [0.3, 0.4) is 0 Å². The maximum absolute atomic E-state index is 13.9. The molecular weight excluding hydrogens is 291 g/mol. The van der Waals surface area contributed by atoms with Gasteiger partial charge in [0.1, 0.15) is 5.82 Å². The van der Waals surface area contributed by atoms with Gasteiger partial charge in [0.15, 0.2) is 0 Å². The summed E-state index contributed by atoms with van der Waals surface area (Å²) in [7, 11) is 0. The molecule has 0 aliphatic heterocycles. The number of halogens is 2. The number of nitrogens with zero attached hydrogens (tertiary/aromatic N) is 1. The lowest BCUT2D eigenvalue weighted by molar-refractivity contribution is 0.0930. The second-order valence-electron chi connectivity index (χ2n) is 4.74. The lowest BCUT2D eigenvalue weighted by Gasteiger charge is -2.17. The molecule has 0 spiro atoms. The maximum atomic E-state index is 13.9. The Morgan fingerprint density at radius 1 is 1.38 bits per heavy atom. The minimum absolute atomic E-state index is 0.119. The van der Waals surface area contributed by atoms with Crippen molar-refractivity contribution in [2.24, 2.45) is 0 Å². The molecule has 110 valence electrons. The van der Waals surface area contributed by atoms with Crippen molar-refractivity contribution in [2.45, 2.75) is 26.3 Å². The Balaban J connectivity index is 2.27. The summed E-state index contributed by atoms with van der Waals surface area (Å²) in [6, 6.07) is 7.98. The first-order valence-electron chi connectivity index (χ1n) is 6.71. The number of amides is 1. The van der Waals surface area contributed by atoms with Crippen molar-refractivity contribution in [1.82, 2.24) is 10.3 Å². The molecule has 21 heavy (non-hydrogen) atoms. The van der Waals surface area contributed by atoms with Crippen LogP contribution in [0.2, 0.25) is 5.02 Å². The van der Waals surface area contributed by atoms with Crippen molar-refractivity contribution in [1.29, 1.82) is 0 Å². The molecule has 0 saturated carbocycles. The van der Waals surface area contributed by atoms with Crippen molar-refractivity contribution in [3.05, 3.63) is 64.2 Å². The predicted molar refractivity (Wildman–Crippen MR) is 80.9 cm³/mol. The number of hydrogen-bond acceptors (Lipinski definition) is 2. The van der Waals surface area contributed by atoms with Crippen LogP contribution in [0.4, 0.5) is 4.39 Å². The van der Waals surface area contributed by atoms with E-state index in [2.05, 4.69) is 10.3 Å². The van der Waals surface area contributed by atoms with Crippen LogP contribution in [-0.4, -0.2) is 10.9 Å². The number of nitrogens with one attached hydrogen (secondary N) is 1. The van der Waals surface area contributed by atoms with Gasteiger partial charge in [0.25, 0.3) is 5.91 Å². The molecule has 1 aromatic carbocycles. The highest BCUT2D eigenvalue weighted by Gasteiger charge is 2.21. The number of hydrogen-bond donors (Lipinski definition) is 1. The molecule has 2 rings (SSSR count). The van der Waals surface area contributed by atoms with Crippen LogP contribution in [0.25, 0.3) is 0 Å². The van der Waals surface area contributed by atoms with Gasteiger partial charge in [-0.25, -0.2) is 4.39 Å². The molecule has 1 amide bonds. The molecule has 1 N–H and O–H groups in total. The van der Waals surface area contributed by atoms with Crippen LogP contribution >= 0.6 is 11.6 Å². The second-order valence-corrected chi connectivity index (χ2v) is 5.12. The van der Waals surface area contributed by atoms with Crippen LogP contribution < -0.4 is 5.32 Å². The Kier molecular flexibility index (Phi) is 4.91. The van der Waals surface area contributed by atoms with Crippen molar-refractivity contribution in [3.8, 4) is 0 Å². The fourth-order valence-corrected chi connectivity index (χ4v) is 2.30. The standard InChI is InChI=1S/C16H16ClFN2O/c1-3-12(13-6-4-5-9-19-13)20-16(21)14-11(18)8-7-10(2)15(14)17/h4-9,12H,3H2,1-2H3,(H,20,21)/t12-/m1/s1. The summed E-state index contributed by atoms with van der Waals surface area (Å²) in [5.74, 6) is -1.15. The number of benzene rings is 1. The molecule has 0 bridgehead atoms. The molecule has 3 nitrogen and oxygen atoms in total. The van der Waals surface area contributed by atoms with Gasteiger partial charge < -0.3 is 5.32 Å². The first kappa shape index (κ1) is 15.4. The highest BCUT2D eigenvalue weighted by molar-refractivity contribution is 6.34. The van der Waals surface area contributed by atoms with E-state index >= 15 is 0 Å². The molecule has 1 aromatic heterocycles. The normalized spacial score (nSPS) is 12.0. The summed E-state index contributed by atoms with van der Waals surface area (Å²) in [5, 5.41) is 2.92. The number of aromatic nitrogens is 1. The largest absolute Gasteiger partial charge is 0.344 e. The summed E-state index contributed by atoms with van der Waals surface area (Å²) in [4.78, 5) is 16.5. The smallest absolute Gasteiger partial charge is 0.256 e. The summed E-state index contributed by atoms with van der Waals surface area (Å²) >= 11 is 6.05. The molecule has 0 saturated heterocycles. The summed E-state index contributed by atoms with van der Waals surface area (Å²) in [5.41, 5.74) is 1.28. The molecule has 1 atom stereocenters. The van der Waals surface area contributed by atoms with Crippen molar-refractivity contribution in [3.63, 3.8) is 0 Å². The van der Waals surface area contributed by atoms with Gasteiger partial charge in [0, 0.05) is 6.20 Å². The Labute approximate surface area is 128 Å². The molecule has 0 fully saturated rings. The van der Waals surface area contributed by atoms with Gasteiger partial charge in [-0.1, -0.05) is 30.7 Å². The molecule has 0 aliphatic carbocycles. The first-order valence-corrected chi connectivity index (χ1v) is 7.08. The molecule has 1 heterocycles. The minimum Gasteiger partial charge on any atom is -0.344 e. The van der Waals surface area contributed by atoms with E-state index in [1.54, 1.807) is 25.3 Å². The average Bonchev–Trinajstić information content (AvgIpc) is 2.50. The molecule has 0 radical (unpaired) electrons. The number of pyridine rings is 1. The minimum atomic E-state index is -0.626. The third kappa shape index (κ3) is 3.39. The Bertz CT molecular complexity index is 646. The SMILES string of the molecule is CC[C@@H](NC(=O)c1c(F)ccc(C)c1Cl)c1ccccn1. The van der Waals surface area contributed by atoms with Crippen LogP contribution in [0.5, 0.6) is 0 Å². The van der Waals surface area contributed by atoms with E-state index in [-0.39, 0.29) is 16.6 Å². The molecule has 0 aliphatic rings. The third-order valence-corrected chi connectivity index (χ3v) is 3.76. The number of carbonyl (C=O) groups excluding carboxylic acids is 1. The van der Waals surface area contributed by atoms with Gasteiger partial charge in [-0.15, -0.1) is 0 Å². The van der Waals surface area contributed by atoms with Crippen LogP contribution in [0.15, 0.2) is 36.5 Å². The Hall–Kier alpha value is -1.94. The van der Waals surface area contributed by atoms with Gasteiger partial charge in [-0.3, -0.25) is 9.78 Å². The van der Waals surface area contributed by atoms with Gasteiger partial charge in [0.2, 0.25) is 0 Å². The monoisotopic (exact) mass is 306 g/mol. The summed E-state index contributed by atoms with van der Waals surface area (Å²) < 4.78 is 13.9. The van der Waals surface area contributed by atoms with Crippen LogP contribution in [-0.2, 0) is 0 Å². The van der Waals surface area contributed by atoms with Gasteiger partial charge in [-0.05, 0) is 37.1 Å². The van der Waals surface area contributed by atoms with E-state index in [1.807, 2.05) is 19.1 Å². The van der Waals surface area contributed by atoms with E-state index in [0.29, 0.717) is 12.0 Å². The van der Waals surface area contributed by atoms with Crippen molar-refractivity contribution >= 4 is 17.5 Å². The molecule has 2 aromatic rings. The van der Waals surface area contributed by atoms with Gasteiger partial charge in [-0.2, -0.15) is 0 Å². The van der Waals surface area contributed by atoms with Crippen molar-refractivity contribution in [2.75, 3.05) is 0 Å². The average molecular weight is 307 g/mol. The van der Waals surface area contributed by atoms with E-state index in [1.165, 1.54) is 6.07 Å². The zero-order valence-corrected chi connectivity index (χ0v) is 12.6. The Morgan fingerprint density at radius 3 is 2.76 bits per heavy atom. The van der Waals surface area contributed by atoms with E-state index in [9.17, 15) is 9.18 Å². The summed E-state index contributed by atoms with van der Waals surface area (Å²) in [6.45, 7) is 3.66. The number of rotatable bonds is 4. The molecule has 0 unspecified atom stereocenters. The second kappa shape index (κ2) is 6.68. The Morgan fingerprint density at radius 2 is 2.14 bits per heavy atom. The van der Waals surface area contributed by atoms with E-state index < -0.39 is 11.7 Å². The lowest BCUT2D eigenvalue weighted by atomic mass is 10.1. The highest BCUT2D eigenvalue weighted by atomic mass is 35.5. The van der Waals surface area contributed by atoms with Crippen LogP contribution in [0, 0.1) is 12.7 Å². The first-order chi connectivity index (χ1) is 10.0. The zero-order chi connectivity index (χ0) is 15.4. The maximum Gasteiger partial charge on any atom is 0.256 e. The fraction of sp³-hybridized carbons (Fsp3) is 0.250. The topological polar surface area (TPSA) is 42.0 Å². The fourth-order valence-electron chi connectivity index (χ4n) is 2.06.